The van der Waals surface area contributed by atoms with Crippen LogP contribution in [0.25, 0.3) is 5.69 Å². The highest BCUT2D eigenvalue weighted by Crippen LogP contribution is 2.12. The van der Waals surface area contributed by atoms with Gasteiger partial charge >= 0.3 is 0 Å². The molecule has 3 nitrogen and oxygen atoms in total. The van der Waals surface area contributed by atoms with Gasteiger partial charge in [0.05, 0.1) is 5.69 Å². The normalized spacial score (nSPS) is 9.94. The molecule has 0 fully saturated rings. The van der Waals surface area contributed by atoms with Crippen molar-refractivity contribution >= 4 is 0 Å². The van der Waals surface area contributed by atoms with Gasteiger partial charge in [0.15, 0.2) is 0 Å². The monoisotopic (exact) mass is 224 g/mol. The van der Waals surface area contributed by atoms with Gasteiger partial charge in [-0.25, -0.2) is 0 Å². The molecule has 2 aromatic rings. The van der Waals surface area contributed by atoms with Crippen molar-refractivity contribution in [2.24, 2.45) is 0 Å². The zero-order chi connectivity index (χ0) is 12.4. The summed E-state index contributed by atoms with van der Waals surface area (Å²) in [5, 5.41) is 8.98. The molecule has 2 rings (SSSR count). The number of nitrogens with zero attached hydrogens (tertiary/aromatic N) is 2. The fourth-order valence-corrected chi connectivity index (χ4v) is 1.79. The van der Waals surface area contributed by atoms with Gasteiger partial charge in [-0.2, -0.15) is 5.26 Å². The average molecular weight is 224 g/mol. The Morgan fingerprint density at radius 3 is 2.47 bits per heavy atom. The number of pyridine rings is 1. The largest absolute Gasteiger partial charge is 0.283 e. The third kappa shape index (κ3) is 1.85. The Kier molecular flexibility index (Phi) is 2.80. The molecule has 1 aromatic carbocycles. The third-order valence-corrected chi connectivity index (χ3v) is 2.79. The Morgan fingerprint density at radius 2 is 1.82 bits per heavy atom. The van der Waals surface area contributed by atoms with Crippen molar-refractivity contribution in [2.75, 3.05) is 0 Å². The molecule has 3 heteroatoms. The summed E-state index contributed by atoms with van der Waals surface area (Å²) in [5.41, 5.74) is 2.47. The van der Waals surface area contributed by atoms with Crippen LogP contribution in [0.15, 0.2) is 41.3 Å². The molecule has 0 aliphatic heterocycles. The molecule has 1 aromatic heterocycles. The van der Waals surface area contributed by atoms with E-state index in [1.54, 1.807) is 19.2 Å². The topological polar surface area (TPSA) is 45.8 Å². The molecule has 0 aliphatic carbocycles. The first-order valence-corrected chi connectivity index (χ1v) is 5.33. The van der Waals surface area contributed by atoms with Crippen molar-refractivity contribution in [1.82, 2.24) is 4.57 Å². The lowest BCUT2D eigenvalue weighted by Crippen LogP contribution is -2.22. The van der Waals surface area contributed by atoms with Crippen LogP contribution >= 0.6 is 0 Å². The molecule has 0 spiro atoms. The minimum atomic E-state index is -0.262. The van der Waals surface area contributed by atoms with Gasteiger partial charge in [-0.3, -0.25) is 9.36 Å². The number of benzene rings is 1. The Labute approximate surface area is 99.6 Å². The molecule has 0 amide bonds. The predicted molar refractivity (Wildman–Crippen MR) is 66.2 cm³/mol. The molecule has 0 N–H and O–H groups in total. The van der Waals surface area contributed by atoms with Gasteiger partial charge < -0.3 is 0 Å². The van der Waals surface area contributed by atoms with Crippen molar-refractivity contribution in [2.45, 2.75) is 13.8 Å². The van der Waals surface area contributed by atoms with Crippen LogP contribution < -0.4 is 5.56 Å². The van der Waals surface area contributed by atoms with Crippen LogP contribution in [-0.4, -0.2) is 4.57 Å². The minimum absolute atomic E-state index is 0.204. The van der Waals surface area contributed by atoms with Crippen molar-refractivity contribution in [1.29, 1.82) is 5.26 Å². The standard InChI is InChI=1S/C14H12N2O/c1-10-7-8-16(14(17)12(10)9-15)13-6-4-3-5-11(13)2/h3-8H,1-2H3. The third-order valence-electron chi connectivity index (χ3n) is 2.79. The molecule has 17 heavy (non-hydrogen) atoms. The molecule has 0 radical (unpaired) electrons. The summed E-state index contributed by atoms with van der Waals surface area (Å²) in [6.07, 6.45) is 1.71. The number of para-hydroxylation sites is 1. The van der Waals surface area contributed by atoms with Gasteiger partial charge in [-0.1, -0.05) is 18.2 Å². The smallest absolute Gasteiger partial charge is 0.273 e. The molecule has 84 valence electrons. The Hall–Kier alpha value is -2.34. The van der Waals surface area contributed by atoms with E-state index < -0.39 is 0 Å². The first-order valence-electron chi connectivity index (χ1n) is 5.33. The highest BCUT2D eigenvalue weighted by molar-refractivity contribution is 5.43. The highest BCUT2D eigenvalue weighted by atomic mass is 16.1. The Bertz CT molecular complexity index is 663. The van der Waals surface area contributed by atoms with Gasteiger partial charge in [-0.05, 0) is 37.1 Å². The molecule has 0 saturated carbocycles. The average Bonchev–Trinajstić information content (AvgIpc) is 2.31. The van der Waals surface area contributed by atoms with Crippen molar-refractivity contribution in [3.05, 3.63) is 63.6 Å². The summed E-state index contributed by atoms with van der Waals surface area (Å²) in [6.45, 7) is 3.70. The van der Waals surface area contributed by atoms with Crippen molar-refractivity contribution < 1.29 is 0 Å². The predicted octanol–water partition coefficient (Wildman–Crippen LogP) is 2.33. The molecular formula is C14H12N2O. The van der Waals surface area contributed by atoms with E-state index in [1.165, 1.54) is 4.57 Å². The number of aryl methyl sites for hydroxylation is 2. The summed E-state index contributed by atoms with van der Waals surface area (Å²) < 4.78 is 1.51. The second-order valence-electron chi connectivity index (χ2n) is 3.95. The maximum absolute atomic E-state index is 12.1. The van der Waals surface area contributed by atoms with Crippen LogP contribution in [0, 0.1) is 25.2 Å². The van der Waals surface area contributed by atoms with Crippen LogP contribution in [-0.2, 0) is 0 Å². The first-order chi connectivity index (χ1) is 8.15. The van der Waals surface area contributed by atoms with Gasteiger partial charge in [0, 0.05) is 6.20 Å². The van der Waals surface area contributed by atoms with E-state index in [2.05, 4.69) is 0 Å². The van der Waals surface area contributed by atoms with E-state index in [0.717, 1.165) is 11.3 Å². The minimum Gasteiger partial charge on any atom is -0.283 e. The number of nitriles is 1. The molecule has 0 unspecified atom stereocenters. The van der Waals surface area contributed by atoms with Crippen LogP contribution in [0.1, 0.15) is 16.7 Å². The van der Waals surface area contributed by atoms with Crippen LogP contribution in [0.3, 0.4) is 0 Å². The van der Waals surface area contributed by atoms with E-state index in [9.17, 15) is 4.79 Å². The maximum atomic E-state index is 12.1. The van der Waals surface area contributed by atoms with E-state index in [4.69, 9.17) is 5.26 Å². The Balaban J connectivity index is 2.76. The second-order valence-corrected chi connectivity index (χ2v) is 3.95. The highest BCUT2D eigenvalue weighted by Gasteiger charge is 2.08. The lowest BCUT2D eigenvalue weighted by molar-refractivity contribution is 0.962. The van der Waals surface area contributed by atoms with Crippen molar-refractivity contribution in [3.63, 3.8) is 0 Å². The molecule has 0 bridgehead atoms. The van der Waals surface area contributed by atoms with Crippen LogP contribution in [0.4, 0.5) is 0 Å². The van der Waals surface area contributed by atoms with E-state index in [0.29, 0.717) is 5.56 Å². The zero-order valence-corrected chi connectivity index (χ0v) is 9.77. The number of hydrogen-bond acceptors (Lipinski definition) is 2. The summed E-state index contributed by atoms with van der Waals surface area (Å²) >= 11 is 0. The summed E-state index contributed by atoms with van der Waals surface area (Å²) in [4.78, 5) is 12.1. The first kappa shape index (κ1) is 11.2. The summed E-state index contributed by atoms with van der Waals surface area (Å²) in [6, 6.07) is 11.3. The quantitative estimate of drug-likeness (QED) is 0.746. The number of hydrogen-bond donors (Lipinski definition) is 0. The summed E-state index contributed by atoms with van der Waals surface area (Å²) in [5.74, 6) is 0. The molecule has 0 aliphatic rings. The van der Waals surface area contributed by atoms with Gasteiger partial charge in [0.1, 0.15) is 11.6 Å². The SMILES string of the molecule is Cc1ccccc1-n1ccc(C)c(C#N)c1=O. The van der Waals surface area contributed by atoms with E-state index >= 15 is 0 Å². The fourth-order valence-electron chi connectivity index (χ4n) is 1.79. The number of aromatic nitrogens is 1. The molecular weight excluding hydrogens is 212 g/mol. The fraction of sp³-hybridized carbons (Fsp3) is 0.143. The van der Waals surface area contributed by atoms with Gasteiger partial charge in [-0.15, -0.1) is 0 Å². The van der Waals surface area contributed by atoms with E-state index in [-0.39, 0.29) is 11.1 Å². The lowest BCUT2D eigenvalue weighted by atomic mass is 10.1. The summed E-state index contributed by atoms with van der Waals surface area (Å²) in [7, 11) is 0. The second kappa shape index (κ2) is 4.26. The van der Waals surface area contributed by atoms with E-state index in [1.807, 2.05) is 37.3 Å². The van der Waals surface area contributed by atoms with Crippen LogP contribution in [0.5, 0.6) is 0 Å². The molecule has 1 heterocycles. The van der Waals surface area contributed by atoms with Crippen molar-refractivity contribution in [3.8, 4) is 11.8 Å². The number of rotatable bonds is 1. The molecule has 0 saturated heterocycles. The van der Waals surface area contributed by atoms with Gasteiger partial charge in [0.25, 0.3) is 5.56 Å². The zero-order valence-electron chi connectivity index (χ0n) is 9.77. The van der Waals surface area contributed by atoms with Crippen LogP contribution in [0.2, 0.25) is 0 Å². The maximum Gasteiger partial charge on any atom is 0.273 e. The van der Waals surface area contributed by atoms with Gasteiger partial charge in [0.2, 0.25) is 0 Å². The lowest BCUT2D eigenvalue weighted by Gasteiger charge is -2.09. The molecule has 0 atom stereocenters. The Morgan fingerprint density at radius 1 is 1.12 bits per heavy atom.